The van der Waals surface area contributed by atoms with Crippen LogP contribution in [0.3, 0.4) is 0 Å². The van der Waals surface area contributed by atoms with Crippen molar-refractivity contribution < 1.29 is 30.8 Å². The Morgan fingerprint density at radius 3 is 2.41 bits per heavy atom. The van der Waals surface area contributed by atoms with Gasteiger partial charge in [-0.1, -0.05) is 6.07 Å². The lowest BCUT2D eigenvalue weighted by Gasteiger charge is -2.42. The largest absolute Gasteiger partial charge is 0.416 e. The number of carbonyl (C=O) groups excluding carboxylic acids is 1. The molecule has 0 spiro atoms. The van der Waals surface area contributed by atoms with Gasteiger partial charge in [0.05, 0.1) is 16.0 Å². The van der Waals surface area contributed by atoms with E-state index < -0.39 is 39.1 Å². The van der Waals surface area contributed by atoms with E-state index in [-0.39, 0.29) is 41.1 Å². The Morgan fingerprint density at radius 2 is 1.70 bits per heavy atom. The van der Waals surface area contributed by atoms with Crippen molar-refractivity contribution in [3.05, 3.63) is 93.7 Å². The van der Waals surface area contributed by atoms with Crippen molar-refractivity contribution in [2.75, 3.05) is 18.4 Å². The van der Waals surface area contributed by atoms with Crippen LogP contribution in [0.2, 0.25) is 0 Å². The highest BCUT2D eigenvalue weighted by Gasteiger charge is 2.39. The lowest BCUT2D eigenvalue weighted by atomic mass is 9.84. The number of piperidine rings is 1. The average molecular weight is 536 g/mol. The van der Waals surface area contributed by atoms with Crippen LogP contribution in [0.1, 0.15) is 34.0 Å². The summed E-state index contributed by atoms with van der Waals surface area (Å²) >= 11 is 0. The third-order valence-electron chi connectivity index (χ3n) is 6.74. The summed E-state index contributed by atoms with van der Waals surface area (Å²) < 4.78 is 82.7. The molecular formula is C25H21F4N3O4S. The lowest BCUT2D eigenvalue weighted by molar-refractivity contribution is -0.137. The fourth-order valence-electron chi connectivity index (χ4n) is 4.98. The minimum absolute atomic E-state index is 0.0107. The van der Waals surface area contributed by atoms with Gasteiger partial charge in [-0.2, -0.15) is 17.5 Å². The van der Waals surface area contributed by atoms with Crippen LogP contribution < -0.4 is 10.9 Å². The highest BCUT2D eigenvalue weighted by atomic mass is 32.2. The average Bonchev–Trinajstić information content (AvgIpc) is 2.84. The molecule has 12 heteroatoms. The minimum Gasteiger partial charge on any atom is -0.322 e. The summed E-state index contributed by atoms with van der Waals surface area (Å²) in [5.41, 5.74) is -0.854. The number of hydrogen-bond acceptors (Lipinski definition) is 4. The molecule has 3 heterocycles. The second-order valence-electron chi connectivity index (χ2n) is 9.19. The molecule has 1 amide bonds. The summed E-state index contributed by atoms with van der Waals surface area (Å²) in [6, 6.07) is 11.4. The number of benzene rings is 2. The van der Waals surface area contributed by atoms with Gasteiger partial charge >= 0.3 is 6.18 Å². The Bertz CT molecular complexity index is 1530. The number of aromatic nitrogens is 1. The minimum atomic E-state index is -4.55. The van der Waals surface area contributed by atoms with Crippen molar-refractivity contribution in [3.63, 3.8) is 0 Å². The van der Waals surface area contributed by atoms with Crippen LogP contribution in [0.25, 0.3) is 0 Å². The fourth-order valence-corrected chi connectivity index (χ4v) is 6.57. The molecule has 3 aromatic rings. The highest BCUT2D eigenvalue weighted by Crippen LogP contribution is 2.37. The van der Waals surface area contributed by atoms with Gasteiger partial charge in [0.1, 0.15) is 5.82 Å². The first kappa shape index (κ1) is 25.2. The van der Waals surface area contributed by atoms with E-state index in [0.29, 0.717) is 6.54 Å². The van der Waals surface area contributed by atoms with E-state index in [4.69, 9.17) is 0 Å². The van der Waals surface area contributed by atoms with Crippen molar-refractivity contribution in [3.8, 4) is 0 Å². The number of nitrogens with zero attached hydrogens (tertiary/aromatic N) is 2. The van der Waals surface area contributed by atoms with Gasteiger partial charge in [0.25, 0.3) is 11.5 Å². The molecule has 1 saturated heterocycles. The molecule has 5 rings (SSSR count). The molecular weight excluding hydrogens is 514 g/mol. The number of halogens is 4. The first-order valence-corrected chi connectivity index (χ1v) is 12.9. The summed E-state index contributed by atoms with van der Waals surface area (Å²) in [6.45, 7) is 0.693. The summed E-state index contributed by atoms with van der Waals surface area (Å²) in [5.74, 6) is -2.24. The lowest BCUT2D eigenvalue weighted by Crippen LogP contribution is -2.49. The van der Waals surface area contributed by atoms with E-state index in [1.165, 1.54) is 10.4 Å². The van der Waals surface area contributed by atoms with E-state index in [0.717, 1.165) is 54.6 Å². The first-order chi connectivity index (χ1) is 17.4. The van der Waals surface area contributed by atoms with Crippen molar-refractivity contribution in [2.24, 2.45) is 5.92 Å². The SMILES string of the molecule is O=C(Nc1ccc(C(F)(F)F)cc1)c1cc(S(=O)(=O)N2CC3CC(C2)c2cccc(=O)n2C3)ccc1F. The molecule has 1 fully saturated rings. The molecule has 2 atom stereocenters. The van der Waals surface area contributed by atoms with Gasteiger partial charge in [0.15, 0.2) is 0 Å². The van der Waals surface area contributed by atoms with Crippen LogP contribution in [0.4, 0.5) is 23.2 Å². The molecule has 2 unspecified atom stereocenters. The zero-order chi connectivity index (χ0) is 26.5. The van der Waals surface area contributed by atoms with Crippen molar-refractivity contribution in [1.82, 2.24) is 8.87 Å². The monoisotopic (exact) mass is 535 g/mol. The predicted octanol–water partition coefficient (Wildman–Crippen LogP) is 4.07. The number of sulfonamides is 1. The highest BCUT2D eigenvalue weighted by molar-refractivity contribution is 7.89. The van der Waals surface area contributed by atoms with Gasteiger partial charge in [0.2, 0.25) is 10.0 Å². The molecule has 1 N–H and O–H groups in total. The van der Waals surface area contributed by atoms with Gasteiger partial charge in [-0.25, -0.2) is 12.8 Å². The third-order valence-corrected chi connectivity index (χ3v) is 8.56. The number of amides is 1. The number of rotatable bonds is 4. The quantitative estimate of drug-likeness (QED) is 0.511. The van der Waals surface area contributed by atoms with Gasteiger partial charge in [-0.3, -0.25) is 9.59 Å². The standard InChI is InChI=1S/C25H21F4N3O4S/c26-21-9-8-19(11-20(21)24(34)30-18-6-4-17(5-7-18)25(27,28)29)37(35,36)31-12-15-10-16(14-31)22-2-1-3-23(33)32(22)13-15/h1-9,11,15-16H,10,12-14H2,(H,30,34). The van der Waals surface area contributed by atoms with Crippen molar-refractivity contribution >= 4 is 21.6 Å². The third kappa shape index (κ3) is 4.78. The van der Waals surface area contributed by atoms with E-state index in [1.807, 2.05) is 0 Å². The molecule has 0 radical (unpaired) electrons. The van der Waals surface area contributed by atoms with E-state index >= 15 is 0 Å². The fraction of sp³-hybridized carbons (Fsp3) is 0.280. The smallest absolute Gasteiger partial charge is 0.322 e. The molecule has 2 aliphatic rings. The maximum atomic E-state index is 14.5. The second-order valence-corrected chi connectivity index (χ2v) is 11.1. The summed E-state index contributed by atoms with van der Waals surface area (Å²) in [6.07, 6.45) is -3.82. The molecule has 0 saturated carbocycles. The summed E-state index contributed by atoms with van der Waals surface area (Å²) in [5, 5.41) is 2.30. The van der Waals surface area contributed by atoms with Crippen LogP contribution in [0, 0.1) is 11.7 Å². The summed E-state index contributed by atoms with van der Waals surface area (Å²) in [4.78, 5) is 24.6. The molecule has 194 valence electrons. The zero-order valence-electron chi connectivity index (χ0n) is 19.2. The Hall–Kier alpha value is -3.51. The van der Waals surface area contributed by atoms with E-state index in [1.54, 1.807) is 16.7 Å². The van der Waals surface area contributed by atoms with E-state index in [9.17, 15) is 35.6 Å². The molecule has 0 aliphatic carbocycles. The predicted molar refractivity (Wildman–Crippen MR) is 126 cm³/mol. The number of hydrogen-bond donors (Lipinski definition) is 1. The van der Waals surface area contributed by atoms with Crippen LogP contribution in [-0.4, -0.2) is 36.3 Å². The molecule has 7 nitrogen and oxygen atoms in total. The van der Waals surface area contributed by atoms with E-state index in [2.05, 4.69) is 5.32 Å². The Kier molecular flexibility index (Phi) is 6.19. The van der Waals surface area contributed by atoms with Crippen LogP contribution in [0.5, 0.6) is 0 Å². The Morgan fingerprint density at radius 1 is 0.973 bits per heavy atom. The Labute approximate surface area is 209 Å². The number of carbonyl (C=O) groups is 1. The van der Waals surface area contributed by atoms with Gasteiger partial charge < -0.3 is 9.88 Å². The normalized spacial score (nSPS) is 19.8. The van der Waals surface area contributed by atoms with Gasteiger partial charge in [-0.15, -0.1) is 0 Å². The topological polar surface area (TPSA) is 88.5 Å². The molecule has 2 bridgehead atoms. The van der Waals surface area contributed by atoms with Crippen LogP contribution in [0.15, 0.2) is 70.4 Å². The molecule has 2 aliphatic heterocycles. The molecule has 2 aromatic carbocycles. The Balaban J connectivity index is 1.38. The van der Waals surface area contributed by atoms with Gasteiger partial charge in [-0.05, 0) is 60.9 Å². The second kappa shape index (κ2) is 9.10. The van der Waals surface area contributed by atoms with Crippen LogP contribution in [-0.2, 0) is 22.7 Å². The summed E-state index contributed by atoms with van der Waals surface area (Å²) in [7, 11) is -4.11. The van der Waals surface area contributed by atoms with Crippen LogP contribution >= 0.6 is 0 Å². The zero-order valence-corrected chi connectivity index (χ0v) is 20.0. The number of anilines is 1. The number of fused-ring (bicyclic) bond motifs is 4. The van der Waals surface area contributed by atoms with Gasteiger partial charge in [0, 0.05) is 43.0 Å². The first-order valence-electron chi connectivity index (χ1n) is 11.4. The number of alkyl halides is 3. The number of nitrogens with one attached hydrogen (secondary N) is 1. The van der Waals surface area contributed by atoms with Crippen molar-refractivity contribution in [2.45, 2.75) is 30.0 Å². The van der Waals surface area contributed by atoms with Crippen molar-refractivity contribution in [1.29, 1.82) is 0 Å². The maximum Gasteiger partial charge on any atom is 0.416 e. The maximum absolute atomic E-state index is 14.5. The molecule has 1 aromatic heterocycles. The number of pyridine rings is 1. The molecule has 37 heavy (non-hydrogen) atoms.